The lowest BCUT2D eigenvalue weighted by Crippen LogP contribution is -2.38. The first-order valence-electron chi connectivity index (χ1n) is 8.83. The topological polar surface area (TPSA) is 100 Å². The highest BCUT2D eigenvalue weighted by Crippen LogP contribution is 2.34. The standard InChI is InChI=1S/C21H21NO7/c1-11-5-6-13-12(7-11)8-18(29-21(13)25)19(23)22-15-10-17(27-3)16(26-2)9-14(15)20(24)28-4/h5-7,9-10,18H,8H2,1-4H3,(H,22,23)/t18-/m0/s1. The molecule has 0 radical (unpaired) electrons. The van der Waals surface area contributed by atoms with Crippen LogP contribution < -0.4 is 14.8 Å². The fourth-order valence-corrected chi connectivity index (χ4v) is 3.15. The number of hydrogen-bond acceptors (Lipinski definition) is 7. The lowest BCUT2D eigenvalue weighted by Gasteiger charge is -2.24. The number of cyclic esters (lactones) is 1. The minimum absolute atomic E-state index is 0.0804. The maximum absolute atomic E-state index is 12.8. The Balaban J connectivity index is 1.90. The van der Waals surface area contributed by atoms with Crippen LogP contribution in [0.5, 0.6) is 11.5 Å². The van der Waals surface area contributed by atoms with Crippen LogP contribution in [0.2, 0.25) is 0 Å². The summed E-state index contributed by atoms with van der Waals surface area (Å²) in [6, 6.07) is 8.21. The van der Waals surface area contributed by atoms with Crippen molar-refractivity contribution in [2.24, 2.45) is 0 Å². The molecule has 0 saturated heterocycles. The smallest absolute Gasteiger partial charge is 0.340 e. The molecule has 3 rings (SSSR count). The molecule has 2 aromatic rings. The van der Waals surface area contributed by atoms with Gasteiger partial charge in [-0.25, -0.2) is 9.59 Å². The Bertz CT molecular complexity index is 983. The molecule has 152 valence electrons. The van der Waals surface area contributed by atoms with Crippen LogP contribution in [0.25, 0.3) is 0 Å². The zero-order valence-corrected chi connectivity index (χ0v) is 16.5. The van der Waals surface area contributed by atoms with Crippen molar-refractivity contribution in [2.45, 2.75) is 19.4 Å². The number of carbonyl (C=O) groups is 3. The molecule has 0 spiro atoms. The number of fused-ring (bicyclic) bond motifs is 1. The van der Waals surface area contributed by atoms with Gasteiger partial charge in [-0.1, -0.05) is 17.7 Å². The minimum atomic E-state index is -1.03. The Morgan fingerprint density at radius 2 is 1.76 bits per heavy atom. The number of methoxy groups -OCH3 is 3. The van der Waals surface area contributed by atoms with Crippen molar-refractivity contribution < 1.29 is 33.3 Å². The molecule has 1 amide bonds. The molecule has 0 aliphatic carbocycles. The van der Waals surface area contributed by atoms with Crippen molar-refractivity contribution in [3.8, 4) is 11.5 Å². The van der Waals surface area contributed by atoms with Crippen LogP contribution in [0, 0.1) is 6.92 Å². The zero-order valence-electron chi connectivity index (χ0n) is 16.5. The summed E-state index contributed by atoms with van der Waals surface area (Å²) in [5.74, 6) is -1.17. The molecule has 1 N–H and O–H groups in total. The van der Waals surface area contributed by atoms with Crippen LogP contribution in [0.3, 0.4) is 0 Å². The van der Waals surface area contributed by atoms with Crippen molar-refractivity contribution in [3.05, 3.63) is 52.6 Å². The van der Waals surface area contributed by atoms with Crippen LogP contribution in [0.15, 0.2) is 30.3 Å². The van der Waals surface area contributed by atoms with E-state index < -0.39 is 23.9 Å². The second-order valence-corrected chi connectivity index (χ2v) is 6.49. The lowest BCUT2D eigenvalue weighted by molar-refractivity contribution is -0.125. The van der Waals surface area contributed by atoms with E-state index >= 15 is 0 Å². The molecule has 29 heavy (non-hydrogen) atoms. The summed E-state index contributed by atoms with van der Waals surface area (Å²) in [6.45, 7) is 1.90. The van der Waals surface area contributed by atoms with Crippen molar-refractivity contribution in [1.82, 2.24) is 0 Å². The number of amides is 1. The molecule has 1 aliphatic rings. The van der Waals surface area contributed by atoms with Crippen LogP contribution in [0.4, 0.5) is 5.69 Å². The normalized spacial score (nSPS) is 15.0. The third-order valence-corrected chi connectivity index (χ3v) is 4.61. The van der Waals surface area contributed by atoms with Crippen LogP contribution in [0.1, 0.15) is 31.8 Å². The van der Waals surface area contributed by atoms with E-state index in [-0.39, 0.29) is 17.7 Å². The summed E-state index contributed by atoms with van der Waals surface area (Å²) in [6.07, 6.45) is -0.800. The van der Waals surface area contributed by atoms with E-state index in [0.717, 1.165) is 11.1 Å². The van der Waals surface area contributed by atoms with Gasteiger partial charge in [-0.3, -0.25) is 4.79 Å². The van der Waals surface area contributed by atoms with Gasteiger partial charge in [0, 0.05) is 18.6 Å². The molecule has 0 aromatic heterocycles. The second kappa shape index (κ2) is 8.22. The molecule has 8 heteroatoms. The van der Waals surface area contributed by atoms with Gasteiger partial charge >= 0.3 is 11.9 Å². The average Bonchev–Trinajstić information content (AvgIpc) is 2.72. The molecule has 0 saturated carbocycles. The number of esters is 2. The van der Waals surface area contributed by atoms with Gasteiger partial charge in [0.2, 0.25) is 0 Å². The first-order chi connectivity index (χ1) is 13.9. The maximum atomic E-state index is 12.8. The molecule has 1 aliphatic heterocycles. The van der Waals surface area contributed by atoms with Gasteiger partial charge in [-0.05, 0) is 18.6 Å². The summed E-state index contributed by atoms with van der Waals surface area (Å²) in [5, 5.41) is 2.63. The highest BCUT2D eigenvalue weighted by Gasteiger charge is 2.32. The van der Waals surface area contributed by atoms with E-state index in [2.05, 4.69) is 5.32 Å². The van der Waals surface area contributed by atoms with Crippen LogP contribution >= 0.6 is 0 Å². The highest BCUT2D eigenvalue weighted by atomic mass is 16.5. The minimum Gasteiger partial charge on any atom is -0.493 e. The van der Waals surface area contributed by atoms with Gasteiger partial charge in [0.15, 0.2) is 17.6 Å². The van der Waals surface area contributed by atoms with E-state index in [1.54, 1.807) is 6.07 Å². The summed E-state index contributed by atoms with van der Waals surface area (Å²) in [7, 11) is 4.09. The Hall–Kier alpha value is -3.55. The molecule has 2 aromatic carbocycles. The highest BCUT2D eigenvalue weighted by molar-refractivity contribution is 6.05. The van der Waals surface area contributed by atoms with Crippen molar-refractivity contribution in [1.29, 1.82) is 0 Å². The number of hydrogen-bond donors (Lipinski definition) is 1. The Labute approximate surface area is 167 Å². The summed E-state index contributed by atoms with van der Waals surface area (Å²) < 4.78 is 20.5. The predicted octanol–water partition coefficient (Wildman–Crippen LogP) is 2.52. The molecule has 0 bridgehead atoms. The number of ether oxygens (including phenoxy) is 4. The number of benzene rings is 2. The number of nitrogens with one attached hydrogen (secondary N) is 1. The van der Waals surface area contributed by atoms with E-state index in [0.29, 0.717) is 17.1 Å². The van der Waals surface area contributed by atoms with Gasteiger partial charge in [-0.15, -0.1) is 0 Å². The fraction of sp³-hybridized carbons (Fsp3) is 0.286. The van der Waals surface area contributed by atoms with Crippen molar-refractivity contribution in [3.63, 3.8) is 0 Å². The first-order valence-corrected chi connectivity index (χ1v) is 8.83. The molecular weight excluding hydrogens is 378 g/mol. The van der Waals surface area contributed by atoms with E-state index in [9.17, 15) is 14.4 Å². The quantitative estimate of drug-likeness (QED) is 0.771. The van der Waals surface area contributed by atoms with Gasteiger partial charge in [0.1, 0.15) is 0 Å². The van der Waals surface area contributed by atoms with Gasteiger partial charge < -0.3 is 24.3 Å². The predicted molar refractivity (Wildman–Crippen MR) is 104 cm³/mol. The summed E-state index contributed by atoms with van der Waals surface area (Å²) in [5.41, 5.74) is 2.40. The van der Waals surface area contributed by atoms with Crippen LogP contribution in [-0.2, 0) is 20.7 Å². The molecule has 1 heterocycles. The molecule has 1 atom stereocenters. The molecule has 0 fully saturated rings. The monoisotopic (exact) mass is 399 g/mol. The number of rotatable bonds is 5. The third-order valence-electron chi connectivity index (χ3n) is 4.61. The molecule has 8 nitrogen and oxygen atoms in total. The van der Waals surface area contributed by atoms with Gasteiger partial charge in [-0.2, -0.15) is 0 Å². The van der Waals surface area contributed by atoms with Crippen molar-refractivity contribution >= 4 is 23.5 Å². The molecule has 0 unspecified atom stereocenters. The van der Waals surface area contributed by atoms with E-state index in [1.807, 2.05) is 19.1 Å². The largest absolute Gasteiger partial charge is 0.493 e. The maximum Gasteiger partial charge on any atom is 0.340 e. The van der Waals surface area contributed by atoms with Crippen molar-refractivity contribution in [2.75, 3.05) is 26.6 Å². The fourth-order valence-electron chi connectivity index (χ4n) is 3.15. The number of carbonyl (C=O) groups excluding carboxylic acids is 3. The lowest BCUT2D eigenvalue weighted by atomic mass is 9.96. The van der Waals surface area contributed by atoms with Gasteiger partial charge in [0.05, 0.1) is 38.1 Å². The first kappa shape index (κ1) is 20.2. The number of anilines is 1. The summed E-state index contributed by atoms with van der Waals surface area (Å²) in [4.78, 5) is 37.2. The third kappa shape index (κ3) is 4.01. The zero-order chi connectivity index (χ0) is 21.1. The average molecular weight is 399 g/mol. The number of aryl methyl sites for hydroxylation is 1. The SMILES string of the molecule is COC(=O)c1cc(OC)c(OC)cc1NC(=O)[C@@H]1Cc2cc(C)ccc2C(=O)O1. The Morgan fingerprint density at radius 3 is 2.41 bits per heavy atom. The summed E-state index contributed by atoms with van der Waals surface area (Å²) >= 11 is 0. The second-order valence-electron chi connectivity index (χ2n) is 6.49. The van der Waals surface area contributed by atoms with Gasteiger partial charge in [0.25, 0.3) is 5.91 Å². The Kier molecular flexibility index (Phi) is 5.72. The molecular formula is C21H21NO7. The Morgan fingerprint density at radius 1 is 1.07 bits per heavy atom. The van der Waals surface area contributed by atoms with E-state index in [1.165, 1.54) is 33.5 Å². The van der Waals surface area contributed by atoms with Crippen LogP contribution in [-0.4, -0.2) is 45.3 Å². The van der Waals surface area contributed by atoms with E-state index in [4.69, 9.17) is 18.9 Å².